The van der Waals surface area contributed by atoms with E-state index < -0.39 is 0 Å². The zero-order valence-electron chi connectivity index (χ0n) is 15.9. The molecule has 1 N–H and O–H groups in total. The maximum absolute atomic E-state index is 13.2. The molecule has 7 heteroatoms. The summed E-state index contributed by atoms with van der Waals surface area (Å²) in [7, 11) is 0. The standard InChI is InChI=1S/C20H26FN3O3/c1-13(2)24-11-15(10-22-24)19-18(7-8-26-19)20(25)23-14(3)12-27-17-6-4-5-16(21)9-17/h4-6,9-11,13-14,18-19H,7-8,12H2,1-3H3,(H,23,25)/t14-,18-,19+/m0/s1. The van der Waals surface area contributed by atoms with Gasteiger partial charge in [0.2, 0.25) is 5.91 Å². The van der Waals surface area contributed by atoms with Crippen molar-refractivity contribution in [2.45, 2.75) is 45.4 Å². The number of nitrogens with zero attached hydrogens (tertiary/aromatic N) is 2. The monoisotopic (exact) mass is 375 g/mol. The minimum atomic E-state index is -0.350. The largest absolute Gasteiger partial charge is 0.491 e. The van der Waals surface area contributed by atoms with E-state index in [0.29, 0.717) is 18.8 Å². The van der Waals surface area contributed by atoms with E-state index in [9.17, 15) is 9.18 Å². The van der Waals surface area contributed by atoms with Gasteiger partial charge in [-0.05, 0) is 39.3 Å². The first-order valence-corrected chi connectivity index (χ1v) is 9.28. The van der Waals surface area contributed by atoms with Crippen LogP contribution in [0.15, 0.2) is 36.7 Å². The number of rotatable bonds is 7. The molecule has 6 nitrogen and oxygen atoms in total. The highest BCUT2D eigenvalue weighted by Crippen LogP contribution is 2.34. The lowest BCUT2D eigenvalue weighted by Gasteiger charge is -2.20. The third-order valence-electron chi connectivity index (χ3n) is 4.59. The number of benzene rings is 1. The molecule has 0 spiro atoms. The Labute approximate surface area is 158 Å². The number of hydrogen-bond acceptors (Lipinski definition) is 4. The third-order valence-corrected chi connectivity index (χ3v) is 4.59. The minimum Gasteiger partial charge on any atom is -0.491 e. The van der Waals surface area contributed by atoms with Crippen LogP contribution in [0.1, 0.15) is 44.9 Å². The normalized spacial score (nSPS) is 20.6. The Morgan fingerprint density at radius 1 is 1.44 bits per heavy atom. The van der Waals surface area contributed by atoms with Crippen molar-refractivity contribution in [3.8, 4) is 5.75 Å². The molecule has 3 atom stereocenters. The second kappa shape index (κ2) is 8.52. The van der Waals surface area contributed by atoms with Crippen molar-refractivity contribution in [2.75, 3.05) is 13.2 Å². The lowest BCUT2D eigenvalue weighted by molar-refractivity contribution is -0.127. The van der Waals surface area contributed by atoms with E-state index in [-0.39, 0.29) is 42.4 Å². The molecular weight excluding hydrogens is 349 g/mol. The number of halogens is 1. The minimum absolute atomic E-state index is 0.0647. The maximum atomic E-state index is 13.2. The number of carbonyl (C=O) groups is 1. The molecule has 1 amide bonds. The molecule has 1 fully saturated rings. The topological polar surface area (TPSA) is 65.4 Å². The van der Waals surface area contributed by atoms with Crippen molar-refractivity contribution in [2.24, 2.45) is 5.92 Å². The SMILES string of the molecule is CC(C)n1cc([C@H]2OCC[C@@H]2C(=O)N[C@@H](C)COc2cccc(F)c2)cn1. The molecule has 2 aromatic rings. The molecule has 0 radical (unpaired) electrons. The number of amides is 1. The first kappa shape index (κ1) is 19.4. The van der Waals surface area contributed by atoms with Crippen LogP contribution in [-0.2, 0) is 9.53 Å². The Balaban J connectivity index is 1.55. The molecule has 1 aliphatic rings. The highest BCUT2D eigenvalue weighted by Gasteiger charge is 2.36. The predicted octanol–water partition coefficient (Wildman–Crippen LogP) is 3.26. The zero-order valence-corrected chi connectivity index (χ0v) is 15.9. The van der Waals surface area contributed by atoms with E-state index in [1.807, 2.05) is 17.8 Å². The summed E-state index contributed by atoms with van der Waals surface area (Å²) in [5.74, 6) is -0.229. The van der Waals surface area contributed by atoms with E-state index in [0.717, 1.165) is 5.56 Å². The fourth-order valence-corrected chi connectivity index (χ4v) is 3.14. The Kier molecular flexibility index (Phi) is 6.11. The molecule has 1 saturated heterocycles. The van der Waals surface area contributed by atoms with E-state index in [4.69, 9.17) is 9.47 Å². The van der Waals surface area contributed by atoms with Gasteiger partial charge in [0.1, 0.15) is 18.2 Å². The highest BCUT2D eigenvalue weighted by atomic mass is 19.1. The summed E-state index contributed by atoms with van der Waals surface area (Å²) < 4.78 is 26.4. The van der Waals surface area contributed by atoms with Crippen LogP contribution in [0.5, 0.6) is 5.75 Å². The number of hydrogen-bond donors (Lipinski definition) is 1. The predicted molar refractivity (Wildman–Crippen MR) is 98.9 cm³/mol. The lowest BCUT2D eigenvalue weighted by Crippen LogP contribution is -2.41. The Morgan fingerprint density at radius 3 is 2.96 bits per heavy atom. The van der Waals surface area contributed by atoms with E-state index in [1.165, 1.54) is 12.1 Å². The second-order valence-corrected chi connectivity index (χ2v) is 7.21. The van der Waals surface area contributed by atoms with Gasteiger partial charge in [-0.25, -0.2) is 4.39 Å². The summed E-state index contributed by atoms with van der Waals surface area (Å²) in [6.07, 6.45) is 4.10. The Bertz CT molecular complexity index is 777. The lowest BCUT2D eigenvalue weighted by atomic mass is 9.96. The molecular formula is C20H26FN3O3. The molecule has 0 aliphatic carbocycles. The van der Waals surface area contributed by atoms with Gasteiger partial charge in [-0.2, -0.15) is 5.10 Å². The number of ether oxygens (including phenoxy) is 2. The molecule has 1 aromatic carbocycles. The average Bonchev–Trinajstić information content (AvgIpc) is 3.29. The molecule has 0 saturated carbocycles. The molecule has 0 bridgehead atoms. The third kappa shape index (κ3) is 4.86. The summed E-state index contributed by atoms with van der Waals surface area (Å²) in [6.45, 7) is 6.77. The van der Waals surface area contributed by atoms with Gasteiger partial charge in [0.05, 0.1) is 24.3 Å². The van der Waals surface area contributed by atoms with Gasteiger partial charge in [-0.3, -0.25) is 9.48 Å². The summed E-state index contributed by atoms with van der Waals surface area (Å²) in [5.41, 5.74) is 0.921. The molecule has 2 heterocycles. The van der Waals surface area contributed by atoms with Gasteiger partial charge in [0.25, 0.3) is 0 Å². The molecule has 146 valence electrons. The van der Waals surface area contributed by atoms with Crippen LogP contribution in [0, 0.1) is 11.7 Å². The van der Waals surface area contributed by atoms with E-state index in [1.54, 1.807) is 18.3 Å². The van der Waals surface area contributed by atoms with Crippen molar-refractivity contribution in [1.29, 1.82) is 0 Å². The summed E-state index contributed by atoms with van der Waals surface area (Å²) in [5, 5.41) is 7.31. The van der Waals surface area contributed by atoms with Crippen LogP contribution in [0.3, 0.4) is 0 Å². The van der Waals surface area contributed by atoms with Crippen molar-refractivity contribution in [3.05, 3.63) is 48.0 Å². The molecule has 3 rings (SSSR count). The average molecular weight is 375 g/mol. The second-order valence-electron chi connectivity index (χ2n) is 7.21. The van der Waals surface area contributed by atoms with Gasteiger partial charge < -0.3 is 14.8 Å². The van der Waals surface area contributed by atoms with Crippen LogP contribution in [-0.4, -0.2) is 34.9 Å². The van der Waals surface area contributed by atoms with E-state index >= 15 is 0 Å². The molecule has 1 aromatic heterocycles. The van der Waals surface area contributed by atoms with Crippen molar-refractivity contribution >= 4 is 5.91 Å². The Hall–Kier alpha value is -2.41. The molecule has 0 unspecified atom stereocenters. The number of aromatic nitrogens is 2. The number of carbonyl (C=O) groups excluding carboxylic acids is 1. The van der Waals surface area contributed by atoms with Crippen LogP contribution >= 0.6 is 0 Å². The number of nitrogens with one attached hydrogen (secondary N) is 1. The van der Waals surface area contributed by atoms with Crippen molar-refractivity contribution in [1.82, 2.24) is 15.1 Å². The van der Waals surface area contributed by atoms with Gasteiger partial charge in [0.15, 0.2) is 0 Å². The first-order chi connectivity index (χ1) is 12.9. The van der Waals surface area contributed by atoms with Crippen molar-refractivity contribution < 1.29 is 18.7 Å². The highest BCUT2D eigenvalue weighted by molar-refractivity contribution is 5.80. The maximum Gasteiger partial charge on any atom is 0.226 e. The van der Waals surface area contributed by atoms with Gasteiger partial charge in [-0.15, -0.1) is 0 Å². The van der Waals surface area contributed by atoms with Crippen molar-refractivity contribution in [3.63, 3.8) is 0 Å². The fraction of sp³-hybridized carbons (Fsp3) is 0.500. The summed E-state index contributed by atoms with van der Waals surface area (Å²) in [6, 6.07) is 6.01. The molecule has 27 heavy (non-hydrogen) atoms. The van der Waals surface area contributed by atoms with Gasteiger partial charge in [0, 0.05) is 30.5 Å². The van der Waals surface area contributed by atoms with Gasteiger partial charge in [-0.1, -0.05) is 6.07 Å². The molecule has 1 aliphatic heterocycles. The van der Waals surface area contributed by atoms with E-state index in [2.05, 4.69) is 24.3 Å². The zero-order chi connectivity index (χ0) is 19.4. The smallest absolute Gasteiger partial charge is 0.226 e. The quantitative estimate of drug-likeness (QED) is 0.807. The van der Waals surface area contributed by atoms with Crippen LogP contribution in [0.25, 0.3) is 0 Å². The summed E-state index contributed by atoms with van der Waals surface area (Å²) in [4.78, 5) is 12.7. The van der Waals surface area contributed by atoms with Gasteiger partial charge >= 0.3 is 0 Å². The van der Waals surface area contributed by atoms with Crippen LogP contribution < -0.4 is 10.1 Å². The first-order valence-electron chi connectivity index (χ1n) is 9.28. The fourth-order valence-electron chi connectivity index (χ4n) is 3.14. The van der Waals surface area contributed by atoms with Crippen LogP contribution in [0.2, 0.25) is 0 Å². The summed E-state index contributed by atoms with van der Waals surface area (Å²) >= 11 is 0. The van der Waals surface area contributed by atoms with Crippen LogP contribution in [0.4, 0.5) is 4.39 Å². The Morgan fingerprint density at radius 2 is 2.26 bits per heavy atom.